The zero-order valence-electron chi connectivity index (χ0n) is 10.7. The fraction of sp³-hybridized carbons (Fsp3) is 0.0667. The first-order valence-electron chi connectivity index (χ1n) is 6.17. The van der Waals surface area contributed by atoms with Gasteiger partial charge in [0.2, 0.25) is 0 Å². The van der Waals surface area contributed by atoms with Crippen molar-refractivity contribution < 1.29 is 13.2 Å². The van der Waals surface area contributed by atoms with E-state index in [1.165, 1.54) is 6.07 Å². The minimum Gasteiger partial charge on any atom is -0.339 e. The second-order valence-corrected chi connectivity index (χ2v) is 4.47. The molecule has 0 bridgehead atoms. The molecule has 6 heteroatoms. The van der Waals surface area contributed by atoms with E-state index in [2.05, 4.69) is 15.3 Å². The fourth-order valence-corrected chi connectivity index (χ4v) is 1.92. The molecule has 0 unspecified atom stereocenters. The first-order chi connectivity index (χ1) is 10.0. The van der Waals surface area contributed by atoms with Crippen molar-refractivity contribution in [3.05, 3.63) is 60.4 Å². The van der Waals surface area contributed by atoms with Gasteiger partial charge in [0.15, 0.2) is 0 Å². The van der Waals surface area contributed by atoms with Crippen LogP contribution in [-0.2, 0) is 6.18 Å². The van der Waals surface area contributed by atoms with Crippen molar-refractivity contribution in [2.45, 2.75) is 6.18 Å². The van der Waals surface area contributed by atoms with Crippen molar-refractivity contribution in [2.75, 3.05) is 5.32 Å². The number of alkyl halides is 3. The molecule has 3 aromatic rings. The van der Waals surface area contributed by atoms with Gasteiger partial charge in [0.05, 0.1) is 23.0 Å². The van der Waals surface area contributed by atoms with Crippen LogP contribution < -0.4 is 5.32 Å². The van der Waals surface area contributed by atoms with E-state index in [-0.39, 0.29) is 0 Å². The predicted molar refractivity (Wildman–Crippen MR) is 74.3 cm³/mol. The first-order valence-corrected chi connectivity index (χ1v) is 6.17. The molecule has 0 saturated heterocycles. The van der Waals surface area contributed by atoms with Crippen LogP contribution in [0, 0.1) is 0 Å². The molecule has 2 aromatic heterocycles. The Labute approximate surface area is 118 Å². The van der Waals surface area contributed by atoms with E-state index < -0.39 is 11.7 Å². The number of fused-ring (bicyclic) bond motifs is 1. The molecule has 1 N–H and O–H groups in total. The summed E-state index contributed by atoms with van der Waals surface area (Å²) in [5, 5.41) is 3.87. The number of nitrogens with one attached hydrogen (secondary N) is 1. The lowest BCUT2D eigenvalue weighted by molar-refractivity contribution is -0.137. The Morgan fingerprint density at radius 2 is 1.71 bits per heavy atom. The molecule has 1 aromatic carbocycles. The van der Waals surface area contributed by atoms with Gasteiger partial charge in [0, 0.05) is 11.6 Å². The number of anilines is 2. The molecule has 3 nitrogen and oxygen atoms in total. The van der Waals surface area contributed by atoms with Gasteiger partial charge in [-0.2, -0.15) is 13.2 Å². The lowest BCUT2D eigenvalue weighted by Crippen LogP contribution is -2.05. The quantitative estimate of drug-likeness (QED) is 0.760. The van der Waals surface area contributed by atoms with E-state index in [9.17, 15) is 13.2 Å². The van der Waals surface area contributed by atoms with Crippen LogP contribution in [0.1, 0.15) is 5.56 Å². The van der Waals surface area contributed by atoms with E-state index >= 15 is 0 Å². The number of para-hydroxylation sites is 1. The number of hydrogen-bond donors (Lipinski definition) is 1. The largest absolute Gasteiger partial charge is 0.417 e. The molecule has 3 rings (SSSR count). The van der Waals surface area contributed by atoms with Crippen LogP contribution in [0.15, 0.2) is 54.9 Å². The fourth-order valence-electron chi connectivity index (χ4n) is 1.92. The van der Waals surface area contributed by atoms with E-state index in [1.807, 2.05) is 30.3 Å². The summed E-state index contributed by atoms with van der Waals surface area (Å²) in [4.78, 5) is 8.03. The Bertz CT molecular complexity index is 767. The average Bonchev–Trinajstić information content (AvgIpc) is 2.47. The number of hydrogen-bond acceptors (Lipinski definition) is 3. The van der Waals surface area contributed by atoms with Gasteiger partial charge in [-0.05, 0) is 24.3 Å². The van der Waals surface area contributed by atoms with E-state index in [1.54, 1.807) is 6.20 Å². The van der Waals surface area contributed by atoms with Crippen LogP contribution in [0.2, 0.25) is 0 Å². The van der Waals surface area contributed by atoms with Crippen LogP contribution in [-0.4, -0.2) is 9.97 Å². The standard InChI is InChI=1S/C15H10F3N3/c16-15(17,18)11-5-6-14(20-8-11)21-12-7-10-3-1-2-4-13(10)19-9-12/h1-9H,(H,20,21). The summed E-state index contributed by atoms with van der Waals surface area (Å²) in [5.41, 5.74) is 0.745. The molecule has 0 fully saturated rings. The molecular formula is C15H10F3N3. The maximum atomic E-state index is 12.5. The zero-order valence-corrected chi connectivity index (χ0v) is 10.7. The van der Waals surface area contributed by atoms with Gasteiger partial charge in [-0.1, -0.05) is 18.2 Å². The van der Waals surface area contributed by atoms with Gasteiger partial charge in [-0.25, -0.2) is 4.98 Å². The van der Waals surface area contributed by atoms with Crippen LogP contribution in [0.25, 0.3) is 10.9 Å². The molecular weight excluding hydrogens is 279 g/mol. The van der Waals surface area contributed by atoms with Crippen LogP contribution in [0.3, 0.4) is 0 Å². The zero-order chi connectivity index (χ0) is 14.9. The number of benzene rings is 1. The molecule has 106 valence electrons. The highest BCUT2D eigenvalue weighted by Gasteiger charge is 2.30. The minimum atomic E-state index is -4.38. The van der Waals surface area contributed by atoms with Crippen molar-refractivity contribution in [1.82, 2.24) is 9.97 Å². The third-order valence-electron chi connectivity index (χ3n) is 2.95. The van der Waals surface area contributed by atoms with Gasteiger partial charge in [-0.3, -0.25) is 4.98 Å². The lowest BCUT2D eigenvalue weighted by Gasteiger charge is -2.09. The van der Waals surface area contributed by atoms with E-state index in [0.29, 0.717) is 11.5 Å². The normalized spacial score (nSPS) is 11.6. The summed E-state index contributed by atoms with van der Waals surface area (Å²) in [6, 6.07) is 11.7. The van der Waals surface area contributed by atoms with Crippen LogP contribution in [0.4, 0.5) is 24.7 Å². The summed E-state index contributed by atoms with van der Waals surface area (Å²) in [5.74, 6) is 0.333. The van der Waals surface area contributed by atoms with E-state index in [4.69, 9.17) is 0 Å². The number of rotatable bonds is 2. The van der Waals surface area contributed by atoms with E-state index in [0.717, 1.165) is 23.2 Å². The topological polar surface area (TPSA) is 37.8 Å². The van der Waals surface area contributed by atoms with Gasteiger partial charge in [0.25, 0.3) is 0 Å². The summed E-state index contributed by atoms with van der Waals surface area (Å²) < 4.78 is 37.4. The number of aromatic nitrogens is 2. The average molecular weight is 289 g/mol. The van der Waals surface area contributed by atoms with Crippen molar-refractivity contribution in [3.63, 3.8) is 0 Å². The second kappa shape index (κ2) is 5.05. The smallest absolute Gasteiger partial charge is 0.339 e. The maximum absolute atomic E-state index is 12.5. The lowest BCUT2D eigenvalue weighted by atomic mass is 10.2. The van der Waals surface area contributed by atoms with Gasteiger partial charge >= 0.3 is 6.18 Å². The maximum Gasteiger partial charge on any atom is 0.417 e. The van der Waals surface area contributed by atoms with Crippen molar-refractivity contribution in [1.29, 1.82) is 0 Å². The molecule has 2 heterocycles. The Morgan fingerprint density at radius 1 is 0.905 bits per heavy atom. The van der Waals surface area contributed by atoms with Crippen molar-refractivity contribution in [2.24, 2.45) is 0 Å². The Balaban J connectivity index is 1.84. The monoisotopic (exact) mass is 289 g/mol. The van der Waals surface area contributed by atoms with Gasteiger partial charge < -0.3 is 5.32 Å². The molecule has 0 saturated carbocycles. The summed E-state index contributed by atoms with van der Waals surface area (Å²) in [7, 11) is 0. The molecule has 21 heavy (non-hydrogen) atoms. The SMILES string of the molecule is FC(F)(F)c1ccc(Nc2cnc3ccccc3c2)nc1. The third-order valence-corrected chi connectivity index (χ3v) is 2.95. The summed E-state index contributed by atoms with van der Waals surface area (Å²) >= 11 is 0. The molecule has 0 aliphatic carbocycles. The van der Waals surface area contributed by atoms with Crippen LogP contribution in [0.5, 0.6) is 0 Å². The highest BCUT2D eigenvalue weighted by atomic mass is 19.4. The Morgan fingerprint density at radius 3 is 2.43 bits per heavy atom. The number of nitrogens with zero attached hydrogens (tertiary/aromatic N) is 2. The van der Waals surface area contributed by atoms with Gasteiger partial charge in [0.1, 0.15) is 5.82 Å². The highest BCUT2D eigenvalue weighted by Crippen LogP contribution is 2.29. The molecule has 0 aliphatic heterocycles. The van der Waals surface area contributed by atoms with Crippen LogP contribution >= 0.6 is 0 Å². The highest BCUT2D eigenvalue weighted by molar-refractivity contribution is 5.82. The van der Waals surface area contributed by atoms with Crippen molar-refractivity contribution >= 4 is 22.4 Å². The molecule has 0 atom stereocenters. The summed E-state index contributed by atoms with van der Waals surface area (Å²) in [6.45, 7) is 0. The third kappa shape index (κ3) is 2.94. The summed E-state index contributed by atoms with van der Waals surface area (Å²) in [6.07, 6.45) is -1.96. The minimum absolute atomic E-state index is 0.333. The predicted octanol–water partition coefficient (Wildman–Crippen LogP) is 4.39. The first kappa shape index (κ1) is 13.4. The Kier molecular flexibility index (Phi) is 3.21. The Hall–Kier alpha value is -2.63. The number of pyridine rings is 2. The molecule has 0 aliphatic rings. The number of halogens is 3. The molecule has 0 amide bonds. The second-order valence-electron chi connectivity index (χ2n) is 4.47. The molecule has 0 radical (unpaired) electrons. The molecule has 0 spiro atoms. The van der Waals surface area contributed by atoms with Gasteiger partial charge in [-0.15, -0.1) is 0 Å². The van der Waals surface area contributed by atoms with Crippen molar-refractivity contribution in [3.8, 4) is 0 Å².